The van der Waals surface area contributed by atoms with Gasteiger partial charge in [-0.15, -0.1) is 0 Å². The second-order valence-electron chi connectivity index (χ2n) is 3.81. The highest BCUT2D eigenvalue weighted by molar-refractivity contribution is 7.89. The van der Waals surface area contributed by atoms with Crippen molar-refractivity contribution in [3.05, 3.63) is 0 Å². The lowest BCUT2D eigenvalue weighted by Crippen LogP contribution is -2.46. The Morgan fingerprint density at radius 3 is 2.12 bits per heavy atom. The van der Waals surface area contributed by atoms with Gasteiger partial charge in [0.05, 0.1) is 11.2 Å². The molecule has 6 nitrogen and oxygen atoms in total. The lowest BCUT2D eigenvalue weighted by Gasteiger charge is -2.28. The summed E-state index contributed by atoms with van der Waals surface area (Å²) in [6.07, 6.45) is 1.25. The zero-order valence-electron chi connectivity index (χ0n) is 9.82. The van der Waals surface area contributed by atoms with Gasteiger partial charge in [0.15, 0.2) is 0 Å². The van der Waals surface area contributed by atoms with Crippen LogP contribution in [0.4, 0.5) is 0 Å². The molecule has 0 aromatic rings. The molecule has 0 aliphatic carbocycles. The minimum absolute atomic E-state index is 0.0272. The zero-order chi connectivity index (χ0) is 12.8. The van der Waals surface area contributed by atoms with Crippen molar-refractivity contribution in [2.75, 3.05) is 18.8 Å². The van der Waals surface area contributed by atoms with Crippen LogP contribution < -0.4 is 16.2 Å². The Bertz CT molecular complexity index is 315. The van der Waals surface area contributed by atoms with Crippen molar-refractivity contribution in [1.82, 2.24) is 5.32 Å². The Kier molecular flexibility index (Phi) is 5.91. The summed E-state index contributed by atoms with van der Waals surface area (Å²) in [4.78, 5) is 11.8. The number of sulfonamides is 1. The summed E-state index contributed by atoms with van der Waals surface area (Å²) in [5.74, 6) is -0.462. The SMILES string of the molecule is CCC(CC)(CN)C(=O)NCCS(N)(=O)=O. The maximum Gasteiger partial charge on any atom is 0.227 e. The van der Waals surface area contributed by atoms with Crippen LogP contribution in [0.2, 0.25) is 0 Å². The first-order chi connectivity index (χ1) is 7.31. The molecule has 0 saturated heterocycles. The van der Waals surface area contributed by atoms with Crippen LogP contribution in [-0.2, 0) is 14.8 Å². The monoisotopic (exact) mass is 251 g/mol. The summed E-state index contributed by atoms with van der Waals surface area (Å²) in [5.41, 5.74) is 4.98. The second kappa shape index (κ2) is 6.17. The molecule has 1 amide bonds. The van der Waals surface area contributed by atoms with Crippen molar-refractivity contribution < 1.29 is 13.2 Å². The van der Waals surface area contributed by atoms with E-state index in [1.54, 1.807) is 0 Å². The molecule has 0 bridgehead atoms. The molecule has 16 heavy (non-hydrogen) atoms. The molecule has 0 spiro atoms. The smallest absolute Gasteiger partial charge is 0.227 e. The fourth-order valence-electron chi connectivity index (χ4n) is 1.45. The van der Waals surface area contributed by atoms with Crippen molar-refractivity contribution in [2.45, 2.75) is 26.7 Å². The van der Waals surface area contributed by atoms with E-state index in [1.165, 1.54) is 0 Å². The van der Waals surface area contributed by atoms with Gasteiger partial charge in [0.25, 0.3) is 0 Å². The maximum absolute atomic E-state index is 11.8. The molecule has 0 unspecified atom stereocenters. The molecular weight excluding hydrogens is 230 g/mol. The Morgan fingerprint density at radius 1 is 1.31 bits per heavy atom. The number of hydrogen-bond acceptors (Lipinski definition) is 4. The Hall–Kier alpha value is -0.660. The van der Waals surface area contributed by atoms with Gasteiger partial charge in [-0.1, -0.05) is 13.8 Å². The van der Waals surface area contributed by atoms with Crippen molar-refractivity contribution in [3.63, 3.8) is 0 Å². The van der Waals surface area contributed by atoms with Crippen LogP contribution >= 0.6 is 0 Å². The van der Waals surface area contributed by atoms with Crippen LogP contribution in [0.3, 0.4) is 0 Å². The summed E-state index contributed by atoms with van der Waals surface area (Å²) in [6, 6.07) is 0. The predicted octanol–water partition coefficient (Wildman–Crippen LogP) is -0.844. The molecule has 0 rings (SSSR count). The molecule has 0 radical (unpaired) electrons. The fraction of sp³-hybridized carbons (Fsp3) is 0.889. The lowest BCUT2D eigenvalue weighted by molar-refractivity contribution is -0.130. The third-order valence-electron chi connectivity index (χ3n) is 2.90. The first-order valence-electron chi connectivity index (χ1n) is 5.30. The quantitative estimate of drug-likeness (QED) is 0.547. The third-order valence-corrected chi connectivity index (χ3v) is 3.67. The third kappa shape index (κ3) is 4.46. The van der Waals surface area contributed by atoms with E-state index in [0.717, 1.165) is 0 Å². The van der Waals surface area contributed by atoms with E-state index in [9.17, 15) is 13.2 Å². The Morgan fingerprint density at radius 2 is 1.81 bits per heavy atom. The number of hydrogen-bond donors (Lipinski definition) is 3. The normalized spacial score (nSPS) is 12.5. The van der Waals surface area contributed by atoms with Crippen LogP contribution in [0.15, 0.2) is 0 Å². The van der Waals surface area contributed by atoms with Crippen molar-refractivity contribution in [2.24, 2.45) is 16.3 Å². The van der Waals surface area contributed by atoms with Crippen LogP contribution in [0.1, 0.15) is 26.7 Å². The molecule has 0 saturated carbocycles. The Labute approximate surface area is 96.8 Å². The molecule has 0 aromatic heterocycles. The van der Waals surface area contributed by atoms with Gasteiger partial charge in [-0.25, -0.2) is 13.6 Å². The molecule has 0 aliphatic rings. The molecule has 0 fully saturated rings. The minimum Gasteiger partial charge on any atom is -0.355 e. The molecule has 5 N–H and O–H groups in total. The first kappa shape index (κ1) is 15.3. The van der Waals surface area contributed by atoms with E-state index < -0.39 is 15.4 Å². The summed E-state index contributed by atoms with van der Waals surface area (Å²) in [7, 11) is -3.53. The number of carbonyl (C=O) groups is 1. The molecular formula is C9H21N3O3S. The zero-order valence-corrected chi connectivity index (χ0v) is 10.6. The van der Waals surface area contributed by atoms with Crippen LogP contribution in [0.5, 0.6) is 0 Å². The standard InChI is InChI=1S/C9H21N3O3S/c1-3-9(4-2,7-10)8(13)12-5-6-16(11,14)15/h3-7,10H2,1-2H3,(H,12,13)(H2,11,14,15). The van der Waals surface area contributed by atoms with Gasteiger partial charge in [-0.2, -0.15) is 0 Å². The van der Waals surface area contributed by atoms with Gasteiger partial charge in [0, 0.05) is 13.1 Å². The van der Waals surface area contributed by atoms with Gasteiger partial charge >= 0.3 is 0 Å². The van der Waals surface area contributed by atoms with Crippen LogP contribution in [0.25, 0.3) is 0 Å². The number of amides is 1. The van der Waals surface area contributed by atoms with E-state index in [0.29, 0.717) is 12.8 Å². The summed E-state index contributed by atoms with van der Waals surface area (Å²) in [6.45, 7) is 4.05. The molecule has 0 atom stereocenters. The number of rotatable bonds is 7. The maximum atomic E-state index is 11.8. The van der Waals surface area contributed by atoms with E-state index in [1.807, 2.05) is 13.8 Å². The number of primary sulfonamides is 1. The molecule has 96 valence electrons. The predicted molar refractivity (Wildman–Crippen MR) is 63.1 cm³/mol. The molecule has 0 aliphatic heterocycles. The fourth-order valence-corrected chi connectivity index (χ4v) is 1.83. The van der Waals surface area contributed by atoms with Crippen molar-refractivity contribution in [3.8, 4) is 0 Å². The van der Waals surface area contributed by atoms with Gasteiger partial charge in [0.2, 0.25) is 15.9 Å². The molecule has 0 aromatic carbocycles. The highest BCUT2D eigenvalue weighted by Crippen LogP contribution is 2.24. The highest BCUT2D eigenvalue weighted by Gasteiger charge is 2.32. The second-order valence-corrected chi connectivity index (χ2v) is 5.55. The lowest BCUT2D eigenvalue weighted by atomic mass is 9.81. The average molecular weight is 251 g/mol. The van der Waals surface area contributed by atoms with Gasteiger partial charge in [-0.3, -0.25) is 4.79 Å². The van der Waals surface area contributed by atoms with Gasteiger partial charge < -0.3 is 11.1 Å². The van der Waals surface area contributed by atoms with Crippen molar-refractivity contribution in [1.29, 1.82) is 0 Å². The summed E-state index contributed by atoms with van der Waals surface area (Å²) >= 11 is 0. The van der Waals surface area contributed by atoms with Crippen molar-refractivity contribution >= 4 is 15.9 Å². The molecule has 0 heterocycles. The molecule has 7 heteroatoms. The summed E-state index contributed by atoms with van der Waals surface area (Å²) in [5, 5.41) is 7.38. The van der Waals surface area contributed by atoms with Gasteiger partial charge in [-0.05, 0) is 12.8 Å². The first-order valence-corrected chi connectivity index (χ1v) is 7.01. The van der Waals surface area contributed by atoms with E-state index in [2.05, 4.69) is 5.32 Å². The van der Waals surface area contributed by atoms with E-state index in [4.69, 9.17) is 10.9 Å². The van der Waals surface area contributed by atoms with E-state index >= 15 is 0 Å². The summed E-state index contributed by atoms with van der Waals surface area (Å²) < 4.78 is 21.3. The highest BCUT2D eigenvalue weighted by atomic mass is 32.2. The average Bonchev–Trinajstić information content (AvgIpc) is 2.19. The minimum atomic E-state index is -3.53. The topological polar surface area (TPSA) is 115 Å². The number of nitrogens with one attached hydrogen (secondary N) is 1. The van der Waals surface area contributed by atoms with Crippen LogP contribution in [-0.4, -0.2) is 33.2 Å². The van der Waals surface area contributed by atoms with Gasteiger partial charge in [0.1, 0.15) is 0 Å². The number of nitrogens with two attached hydrogens (primary N) is 2. The largest absolute Gasteiger partial charge is 0.355 e. The number of carbonyl (C=O) groups excluding carboxylic acids is 1. The van der Waals surface area contributed by atoms with E-state index in [-0.39, 0.29) is 24.7 Å². The Balaban J connectivity index is 4.34. The van der Waals surface area contributed by atoms with Crippen LogP contribution in [0, 0.1) is 5.41 Å².